The Morgan fingerprint density at radius 1 is 1.25 bits per heavy atom. The van der Waals surface area contributed by atoms with Gasteiger partial charge in [0.05, 0.1) is 19.3 Å². The Morgan fingerprint density at radius 2 is 2.14 bits per heavy atom. The largest absolute Gasteiger partial charge is 0.375 e. The number of guanidine groups is 1. The third kappa shape index (κ3) is 4.69. The SMILES string of the molecule is CN=C(NCc1cccc(Cn2cncn2)c1)N1CCOC(C2CCCO2)C1. The zero-order chi connectivity index (χ0) is 19.2. The molecule has 2 atom stereocenters. The normalized spacial score (nSPS) is 23.2. The number of benzene rings is 1. The van der Waals surface area contributed by atoms with E-state index in [1.807, 2.05) is 11.7 Å². The first-order chi connectivity index (χ1) is 13.8. The average Bonchev–Trinajstić information content (AvgIpc) is 3.43. The summed E-state index contributed by atoms with van der Waals surface area (Å²) < 4.78 is 13.6. The molecule has 2 unspecified atom stereocenters. The Labute approximate surface area is 165 Å². The van der Waals surface area contributed by atoms with E-state index in [1.54, 1.807) is 12.7 Å². The smallest absolute Gasteiger partial charge is 0.194 e. The molecule has 2 fully saturated rings. The maximum Gasteiger partial charge on any atom is 0.194 e. The first-order valence-electron chi connectivity index (χ1n) is 9.91. The molecule has 8 nitrogen and oxygen atoms in total. The lowest BCUT2D eigenvalue weighted by Crippen LogP contribution is -2.53. The lowest BCUT2D eigenvalue weighted by molar-refractivity contribution is -0.0817. The summed E-state index contributed by atoms with van der Waals surface area (Å²) in [6, 6.07) is 8.50. The summed E-state index contributed by atoms with van der Waals surface area (Å²) in [5.74, 6) is 0.910. The van der Waals surface area contributed by atoms with Crippen LogP contribution >= 0.6 is 0 Å². The van der Waals surface area contributed by atoms with Crippen LogP contribution in [0.3, 0.4) is 0 Å². The number of aromatic nitrogens is 3. The second kappa shape index (κ2) is 9.16. The number of ether oxygens (including phenoxy) is 2. The number of nitrogens with one attached hydrogen (secondary N) is 1. The van der Waals surface area contributed by atoms with Crippen molar-refractivity contribution in [2.24, 2.45) is 4.99 Å². The summed E-state index contributed by atoms with van der Waals surface area (Å²) in [5.41, 5.74) is 2.41. The molecule has 2 aromatic rings. The van der Waals surface area contributed by atoms with E-state index in [0.29, 0.717) is 6.61 Å². The molecule has 0 aliphatic carbocycles. The van der Waals surface area contributed by atoms with Gasteiger partial charge in [-0.15, -0.1) is 0 Å². The fraction of sp³-hybridized carbons (Fsp3) is 0.550. The van der Waals surface area contributed by atoms with Crippen molar-refractivity contribution in [2.45, 2.75) is 38.1 Å². The van der Waals surface area contributed by atoms with Gasteiger partial charge in [0.25, 0.3) is 0 Å². The van der Waals surface area contributed by atoms with E-state index in [-0.39, 0.29) is 12.2 Å². The Balaban J connectivity index is 1.34. The van der Waals surface area contributed by atoms with E-state index in [0.717, 1.165) is 51.6 Å². The Kier molecular flexibility index (Phi) is 6.18. The molecule has 8 heteroatoms. The molecule has 0 saturated carbocycles. The highest BCUT2D eigenvalue weighted by atomic mass is 16.5. The Bertz CT molecular complexity index is 773. The van der Waals surface area contributed by atoms with Gasteiger partial charge in [0.1, 0.15) is 18.8 Å². The van der Waals surface area contributed by atoms with Crippen molar-refractivity contribution in [1.82, 2.24) is 25.0 Å². The molecule has 2 aliphatic rings. The van der Waals surface area contributed by atoms with Crippen molar-refractivity contribution in [3.63, 3.8) is 0 Å². The van der Waals surface area contributed by atoms with Gasteiger partial charge in [-0.1, -0.05) is 24.3 Å². The highest BCUT2D eigenvalue weighted by Gasteiger charge is 2.32. The quantitative estimate of drug-likeness (QED) is 0.618. The van der Waals surface area contributed by atoms with Crippen molar-refractivity contribution in [2.75, 3.05) is 33.4 Å². The summed E-state index contributed by atoms with van der Waals surface area (Å²) in [6.07, 6.45) is 5.85. The standard InChI is InChI=1S/C20H28N6O2/c1-21-20(25-7-9-28-19(13-25)18-6-3-8-27-18)23-11-16-4-2-5-17(10-16)12-26-15-22-14-24-26/h2,4-5,10,14-15,18-19H,3,6-9,11-13H2,1H3,(H,21,23). The zero-order valence-electron chi connectivity index (χ0n) is 16.3. The second-order valence-corrected chi connectivity index (χ2v) is 7.22. The van der Waals surface area contributed by atoms with E-state index >= 15 is 0 Å². The van der Waals surface area contributed by atoms with E-state index in [2.05, 4.69) is 49.6 Å². The molecule has 2 saturated heterocycles. The molecule has 3 heterocycles. The van der Waals surface area contributed by atoms with Crippen LogP contribution in [0.5, 0.6) is 0 Å². The van der Waals surface area contributed by atoms with Crippen LogP contribution in [0.15, 0.2) is 41.9 Å². The predicted molar refractivity (Wildman–Crippen MR) is 106 cm³/mol. The van der Waals surface area contributed by atoms with Crippen molar-refractivity contribution in [1.29, 1.82) is 0 Å². The molecule has 1 aromatic heterocycles. The second-order valence-electron chi connectivity index (χ2n) is 7.22. The van der Waals surface area contributed by atoms with Crippen LogP contribution < -0.4 is 5.32 Å². The summed E-state index contributed by atoms with van der Waals surface area (Å²) >= 11 is 0. The van der Waals surface area contributed by atoms with Gasteiger partial charge in [0, 0.05) is 33.3 Å². The lowest BCUT2D eigenvalue weighted by Gasteiger charge is -2.37. The molecule has 0 amide bonds. The van der Waals surface area contributed by atoms with E-state index < -0.39 is 0 Å². The van der Waals surface area contributed by atoms with Crippen LogP contribution in [-0.4, -0.2) is 71.2 Å². The highest BCUT2D eigenvalue weighted by Crippen LogP contribution is 2.21. The molecule has 1 N–H and O–H groups in total. The number of hydrogen-bond donors (Lipinski definition) is 1. The van der Waals surface area contributed by atoms with Crippen molar-refractivity contribution >= 4 is 5.96 Å². The van der Waals surface area contributed by atoms with Crippen molar-refractivity contribution in [3.05, 3.63) is 48.0 Å². The number of nitrogens with zero attached hydrogens (tertiary/aromatic N) is 5. The number of hydrogen-bond acceptors (Lipinski definition) is 5. The fourth-order valence-corrected chi connectivity index (χ4v) is 3.84. The molecule has 0 bridgehead atoms. The van der Waals surface area contributed by atoms with Gasteiger partial charge < -0.3 is 19.7 Å². The van der Waals surface area contributed by atoms with Crippen LogP contribution in [0.1, 0.15) is 24.0 Å². The molecule has 0 radical (unpaired) electrons. The predicted octanol–water partition coefficient (Wildman–Crippen LogP) is 1.28. The summed E-state index contributed by atoms with van der Waals surface area (Å²) in [7, 11) is 1.83. The van der Waals surface area contributed by atoms with Crippen LogP contribution in [0.2, 0.25) is 0 Å². The van der Waals surface area contributed by atoms with E-state index in [4.69, 9.17) is 9.47 Å². The zero-order valence-corrected chi connectivity index (χ0v) is 16.3. The minimum atomic E-state index is 0.126. The first-order valence-corrected chi connectivity index (χ1v) is 9.91. The Hall–Kier alpha value is -2.45. The lowest BCUT2D eigenvalue weighted by atomic mass is 10.1. The van der Waals surface area contributed by atoms with Crippen LogP contribution in [0.25, 0.3) is 0 Å². The van der Waals surface area contributed by atoms with E-state index in [1.165, 1.54) is 11.1 Å². The third-order valence-electron chi connectivity index (χ3n) is 5.24. The minimum absolute atomic E-state index is 0.126. The average molecular weight is 384 g/mol. The van der Waals surface area contributed by atoms with Gasteiger partial charge in [-0.05, 0) is 24.0 Å². The minimum Gasteiger partial charge on any atom is -0.375 e. The van der Waals surface area contributed by atoms with Crippen molar-refractivity contribution < 1.29 is 9.47 Å². The summed E-state index contributed by atoms with van der Waals surface area (Å²) in [6.45, 7) is 4.65. The number of aliphatic imine (C=N–C) groups is 1. The van der Waals surface area contributed by atoms with Gasteiger partial charge in [-0.3, -0.25) is 4.99 Å². The maximum atomic E-state index is 5.95. The Morgan fingerprint density at radius 3 is 2.93 bits per heavy atom. The molecule has 4 rings (SSSR count). The van der Waals surface area contributed by atoms with Crippen LogP contribution in [0.4, 0.5) is 0 Å². The molecule has 0 spiro atoms. The van der Waals surface area contributed by atoms with Gasteiger partial charge in [0.2, 0.25) is 0 Å². The first kappa shape index (κ1) is 18.9. The molecular weight excluding hydrogens is 356 g/mol. The molecule has 1 aromatic carbocycles. The highest BCUT2D eigenvalue weighted by molar-refractivity contribution is 5.80. The molecule has 150 valence electrons. The van der Waals surface area contributed by atoms with E-state index in [9.17, 15) is 0 Å². The molecule has 2 aliphatic heterocycles. The van der Waals surface area contributed by atoms with Gasteiger partial charge >= 0.3 is 0 Å². The van der Waals surface area contributed by atoms with Crippen molar-refractivity contribution in [3.8, 4) is 0 Å². The van der Waals surface area contributed by atoms with Crippen LogP contribution in [-0.2, 0) is 22.6 Å². The summed E-state index contributed by atoms with van der Waals surface area (Å²) in [4.78, 5) is 10.8. The maximum absolute atomic E-state index is 5.95. The number of morpholine rings is 1. The fourth-order valence-electron chi connectivity index (χ4n) is 3.84. The van der Waals surface area contributed by atoms with Gasteiger partial charge in [0.15, 0.2) is 5.96 Å². The summed E-state index contributed by atoms with van der Waals surface area (Å²) in [5, 5.41) is 7.67. The van der Waals surface area contributed by atoms with Gasteiger partial charge in [-0.25, -0.2) is 9.67 Å². The topological polar surface area (TPSA) is 76.8 Å². The van der Waals surface area contributed by atoms with Crippen LogP contribution in [0, 0.1) is 0 Å². The van der Waals surface area contributed by atoms with Gasteiger partial charge in [-0.2, -0.15) is 5.10 Å². The number of rotatable bonds is 5. The third-order valence-corrected chi connectivity index (χ3v) is 5.24. The monoisotopic (exact) mass is 384 g/mol. The molecular formula is C20H28N6O2. The molecule has 28 heavy (non-hydrogen) atoms.